The predicted octanol–water partition coefficient (Wildman–Crippen LogP) is 2.27. The van der Waals surface area contributed by atoms with E-state index in [0.717, 1.165) is 24.7 Å². The summed E-state index contributed by atoms with van der Waals surface area (Å²) in [5.74, 6) is 2.83. The van der Waals surface area contributed by atoms with Crippen LogP contribution in [0.4, 0.5) is 4.79 Å². The van der Waals surface area contributed by atoms with Crippen LogP contribution in [-0.2, 0) is 0 Å². The molecule has 0 aliphatic heterocycles. The van der Waals surface area contributed by atoms with Crippen LogP contribution in [0.1, 0.15) is 52.4 Å². The van der Waals surface area contributed by atoms with E-state index in [1.54, 1.807) is 0 Å². The molecule has 3 aliphatic carbocycles. The van der Waals surface area contributed by atoms with E-state index in [0.29, 0.717) is 11.8 Å². The molecular formula is C16H28N2O2. The number of carbonyl (C=O) groups is 1. The zero-order chi connectivity index (χ0) is 14.3. The third-order valence-electron chi connectivity index (χ3n) is 6.00. The number of amides is 2. The molecule has 2 amide bonds. The third-order valence-corrected chi connectivity index (χ3v) is 6.00. The van der Waals surface area contributed by atoms with Crippen molar-refractivity contribution in [3.05, 3.63) is 0 Å². The Morgan fingerprint density at radius 3 is 2.55 bits per heavy atom. The number of aliphatic hydroxyl groups is 1. The minimum Gasteiger partial charge on any atom is -0.394 e. The number of nitrogens with one attached hydrogen (secondary N) is 2. The summed E-state index contributed by atoms with van der Waals surface area (Å²) in [5.41, 5.74) is -0.446. The van der Waals surface area contributed by atoms with Crippen LogP contribution in [0.2, 0.25) is 0 Å². The van der Waals surface area contributed by atoms with Gasteiger partial charge in [0.15, 0.2) is 0 Å². The quantitative estimate of drug-likeness (QED) is 0.723. The maximum absolute atomic E-state index is 12.2. The summed E-state index contributed by atoms with van der Waals surface area (Å²) in [6.07, 6.45) is 7.61. The Morgan fingerprint density at radius 1 is 1.30 bits per heavy atom. The Balaban J connectivity index is 1.51. The average Bonchev–Trinajstić information content (AvgIpc) is 3.08. The number of carbonyl (C=O) groups excluding carboxylic acids is 1. The molecule has 3 fully saturated rings. The number of fused-ring (bicyclic) bond motifs is 2. The zero-order valence-electron chi connectivity index (χ0n) is 12.7. The van der Waals surface area contributed by atoms with Gasteiger partial charge in [0.25, 0.3) is 0 Å². The lowest BCUT2D eigenvalue weighted by Gasteiger charge is -2.32. The topological polar surface area (TPSA) is 61.4 Å². The smallest absolute Gasteiger partial charge is 0.315 e. The summed E-state index contributed by atoms with van der Waals surface area (Å²) < 4.78 is 0. The summed E-state index contributed by atoms with van der Waals surface area (Å²) in [6, 6.07) is 0.135. The highest BCUT2D eigenvalue weighted by Gasteiger charge is 2.44. The first-order valence-corrected chi connectivity index (χ1v) is 8.21. The van der Waals surface area contributed by atoms with E-state index < -0.39 is 5.54 Å². The number of hydrogen-bond donors (Lipinski definition) is 3. The van der Waals surface area contributed by atoms with E-state index in [1.807, 2.05) is 6.92 Å². The highest BCUT2D eigenvalue weighted by atomic mass is 16.3. The third kappa shape index (κ3) is 2.67. The van der Waals surface area contributed by atoms with Gasteiger partial charge in [-0.15, -0.1) is 0 Å². The molecule has 0 spiro atoms. The van der Waals surface area contributed by atoms with E-state index in [2.05, 4.69) is 17.6 Å². The van der Waals surface area contributed by atoms with Crippen LogP contribution in [-0.4, -0.2) is 29.3 Å². The lowest BCUT2D eigenvalue weighted by Crippen LogP contribution is -2.56. The Morgan fingerprint density at radius 2 is 2.05 bits per heavy atom. The first-order chi connectivity index (χ1) is 9.51. The molecule has 5 atom stereocenters. The largest absolute Gasteiger partial charge is 0.394 e. The van der Waals surface area contributed by atoms with E-state index in [1.165, 1.54) is 25.7 Å². The number of aliphatic hydroxyl groups excluding tert-OH is 1. The lowest BCUT2D eigenvalue weighted by atomic mass is 9.84. The van der Waals surface area contributed by atoms with Gasteiger partial charge in [0.2, 0.25) is 0 Å². The Labute approximate surface area is 121 Å². The molecule has 3 saturated carbocycles. The lowest BCUT2D eigenvalue weighted by molar-refractivity contribution is 0.151. The molecule has 0 aromatic carbocycles. The summed E-state index contributed by atoms with van der Waals surface area (Å²) in [7, 11) is 0. The van der Waals surface area contributed by atoms with Gasteiger partial charge in [0, 0.05) is 6.04 Å². The fourth-order valence-corrected chi connectivity index (χ4v) is 4.51. The standard InChI is InChI=1S/C16H28N2O2/c1-10(14-8-11-3-4-12(14)7-11)17-15(20)18-16(2,9-19)13-5-6-13/h10-14,19H,3-9H2,1-2H3,(H2,17,18,20). The van der Waals surface area contributed by atoms with Gasteiger partial charge in [0.1, 0.15) is 0 Å². The molecule has 114 valence electrons. The van der Waals surface area contributed by atoms with Gasteiger partial charge in [-0.1, -0.05) is 6.42 Å². The van der Waals surface area contributed by atoms with E-state index in [4.69, 9.17) is 0 Å². The molecule has 0 aromatic heterocycles. The molecule has 3 aliphatic rings. The monoisotopic (exact) mass is 280 g/mol. The molecule has 20 heavy (non-hydrogen) atoms. The van der Waals surface area contributed by atoms with Gasteiger partial charge in [-0.05, 0) is 69.6 Å². The fourth-order valence-electron chi connectivity index (χ4n) is 4.51. The maximum Gasteiger partial charge on any atom is 0.315 e. The summed E-state index contributed by atoms with van der Waals surface area (Å²) in [5, 5.41) is 15.7. The molecule has 4 nitrogen and oxygen atoms in total. The van der Waals surface area contributed by atoms with Crippen LogP contribution in [0.5, 0.6) is 0 Å². The van der Waals surface area contributed by atoms with Crippen molar-refractivity contribution in [3.8, 4) is 0 Å². The van der Waals surface area contributed by atoms with Gasteiger partial charge in [-0.25, -0.2) is 4.79 Å². The van der Waals surface area contributed by atoms with Crippen molar-refractivity contribution in [2.24, 2.45) is 23.7 Å². The normalized spacial score (nSPS) is 36.5. The summed E-state index contributed by atoms with van der Waals surface area (Å²) >= 11 is 0. The second-order valence-corrected chi connectivity index (χ2v) is 7.58. The van der Waals surface area contributed by atoms with E-state index >= 15 is 0 Å². The molecule has 3 N–H and O–H groups in total. The second kappa shape index (κ2) is 5.21. The minimum atomic E-state index is -0.446. The Kier molecular flexibility index (Phi) is 3.69. The average molecular weight is 280 g/mol. The molecule has 0 radical (unpaired) electrons. The van der Waals surface area contributed by atoms with Crippen molar-refractivity contribution in [1.29, 1.82) is 0 Å². The van der Waals surface area contributed by atoms with E-state index in [9.17, 15) is 9.90 Å². The maximum atomic E-state index is 12.2. The molecule has 0 heterocycles. The van der Waals surface area contributed by atoms with Crippen LogP contribution in [0, 0.1) is 23.7 Å². The molecular weight excluding hydrogens is 252 g/mol. The van der Waals surface area contributed by atoms with Crippen molar-refractivity contribution in [2.45, 2.75) is 64.0 Å². The molecule has 2 bridgehead atoms. The zero-order valence-corrected chi connectivity index (χ0v) is 12.7. The molecule has 3 rings (SSSR count). The van der Waals surface area contributed by atoms with Gasteiger partial charge >= 0.3 is 6.03 Å². The fraction of sp³-hybridized carbons (Fsp3) is 0.938. The van der Waals surface area contributed by atoms with Crippen molar-refractivity contribution >= 4 is 6.03 Å². The van der Waals surface area contributed by atoms with Gasteiger partial charge in [-0.3, -0.25) is 0 Å². The minimum absolute atomic E-state index is 0.0214. The van der Waals surface area contributed by atoms with Gasteiger partial charge < -0.3 is 15.7 Å². The van der Waals surface area contributed by atoms with Crippen molar-refractivity contribution in [3.63, 3.8) is 0 Å². The van der Waals surface area contributed by atoms with Crippen LogP contribution in [0.15, 0.2) is 0 Å². The highest BCUT2D eigenvalue weighted by Crippen LogP contribution is 2.49. The first kappa shape index (κ1) is 14.2. The van der Waals surface area contributed by atoms with Crippen molar-refractivity contribution in [2.75, 3.05) is 6.61 Å². The van der Waals surface area contributed by atoms with Crippen LogP contribution >= 0.6 is 0 Å². The van der Waals surface area contributed by atoms with Gasteiger partial charge in [0.05, 0.1) is 12.1 Å². The predicted molar refractivity (Wildman–Crippen MR) is 78.3 cm³/mol. The molecule has 0 aromatic rings. The van der Waals surface area contributed by atoms with Crippen molar-refractivity contribution < 1.29 is 9.90 Å². The van der Waals surface area contributed by atoms with Crippen LogP contribution in [0.25, 0.3) is 0 Å². The SMILES string of the molecule is CC(NC(=O)NC(C)(CO)C1CC1)C1CC2CCC1C2. The number of hydrogen-bond acceptors (Lipinski definition) is 2. The van der Waals surface area contributed by atoms with E-state index in [-0.39, 0.29) is 18.7 Å². The Bertz CT molecular complexity index is 383. The Hall–Kier alpha value is -0.770. The first-order valence-electron chi connectivity index (χ1n) is 8.21. The second-order valence-electron chi connectivity index (χ2n) is 7.58. The van der Waals surface area contributed by atoms with Gasteiger partial charge in [-0.2, -0.15) is 0 Å². The van der Waals surface area contributed by atoms with Crippen LogP contribution < -0.4 is 10.6 Å². The number of urea groups is 1. The summed E-state index contributed by atoms with van der Waals surface area (Å²) in [6.45, 7) is 4.11. The number of rotatable bonds is 5. The molecule has 4 heteroatoms. The molecule has 0 saturated heterocycles. The molecule has 5 unspecified atom stereocenters. The van der Waals surface area contributed by atoms with Crippen LogP contribution in [0.3, 0.4) is 0 Å². The van der Waals surface area contributed by atoms with Crippen molar-refractivity contribution in [1.82, 2.24) is 10.6 Å². The summed E-state index contributed by atoms with van der Waals surface area (Å²) in [4.78, 5) is 12.2. The highest BCUT2D eigenvalue weighted by molar-refractivity contribution is 5.75.